The molecule has 1 unspecified atom stereocenters. The number of hydrogen-bond acceptors (Lipinski definition) is 8. The molecule has 1 fully saturated rings. The maximum atomic E-state index is 11.9. The molecule has 0 aliphatic carbocycles. The zero-order chi connectivity index (χ0) is 15.2. The van der Waals surface area contributed by atoms with Crippen LogP contribution in [0.5, 0.6) is 0 Å². The lowest BCUT2D eigenvalue weighted by Crippen LogP contribution is -2.45. The molecular formula is C13H22N4O3S. The van der Waals surface area contributed by atoms with Crippen LogP contribution in [0.3, 0.4) is 0 Å². The molecule has 8 heteroatoms. The first-order valence-electron chi connectivity index (χ1n) is 7.15. The van der Waals surface area contributed by atoms with E-state index in [0.29, 0.717) is 23.7 Å². The van der Waals surface area contributed by atoms with Crippen molar-refractivity contribution < 1.29 is 14.3 Å². The van der Waals surface area contributed by atoms with Crippen LogP contribution in [0.25, 0.3) is 0 Å². The molecule has 1 saturated heterocycles. The van der Waals surface area contributed by atoms with E-state index in [4.69, 9.17) is 15.2 Å². The Bertz CT molecular complexity index is 480. The van der Waals surface area contributed by atoms with Gasteiger partial charge in [-0.15, -0.1) is 0 Å². The SMILES string of the molecule is CCOC(=O)c1c(N)nsc1NCC1CN(CC)CCO1. The fourth-order valence-electron chi connectivity index (χ4n) is 2.22. The molecule has 0 amide bonds. The number of anilines is 2. The lowest BCUT2D eigenvalue weighted by molar-refractivity contribution is -0.0191. The van der Waals surface area contributed by atoms with Crippen molar-refractivity contribution in [3.8, 4) is 0 Å². The summed E-state index contributed by atoms with van der Waals surface area (Å²) < 4.78 is 14.7. The highest BCUT2D eigenvalue weighted by Gasteiger charge is 2.23. The molecule has 1 aliphatic rings. The quantitative estimate of drug-likeness (QED) is 0.758. The summed E-state index contributed by atoms with van der Waals surface area (Å²) in [4.78, 5) is 14.2. The van der Waals surface area contributed by atoms with E-state index >= 15 is 0 Å². The smallest absolute Gasteiger partial charge is 0.344 e. The second-order valence-electron chi connectivity index (χ2n) is 4.76. The van der Waals surface area contributed by atoms with Gasteiger partial charge in [0.1, 0.15) is 10.6 Å². The number of nitrogens with two attached hydrogens (primary N) is 1. The third-order valence-corrected chi connectivity index (χ3v) is 4.18. The molecule has 1 atom stereocenters. The second kappa shape index (κ2) is 7.58. The minimum absolute atomic E-state index is 0.0945. The average Bonchev–Trinajstić information content (AvgIpc) is 2.86. The lowest BCUT2D eigenvalue weighted by Gasteiger charge is -2.32. The van der Waals surface area contributed by atoms with Crippen molar-refractivity contribution in [2.24, 2.45) is 0 Å². The van der Waals surface area contributed by atoms with Crippen molar-refractivity contribution in [2.45, 2.75) is 20.0 Å². The molecular weight excluding hydrogens is 292 g/mol. The number of morpholine rings is 1. The van der Waals surface area contributed by atoms with Crippen molar-refractivity contribution in [1.29, 1.82) is 0 Å². The number of carbonyl (C=O) groups excluding carboxylic acids is 1. The molecule has 2 rings (SSSR count). The minimum Gasteiger partial charge on any atom is -0.462 e. The van der Waals surface area contributed by atoms with Gasteiger partial charge in [0.15, 0.2) is 5.82 Å². The van der Waals surface area contributed by atoms with Gasteiger partial charge in [-0.2, -0.15) is 4.37 Å². The van der Waals surface area contributed by atoms with Crippen LogP contribution in [0, 0.1) is 0 Å². The molecule has 0 aromatic carbocycles. The fraction of sp³-hybridized carbons (Fsp3) is 0.692. The highest BCUT2D eigenvalue weighted by Crippen LogP contribution is 2.27. The Kier molecular flexibility index (Phi) is 5.77. The molecule has 3 N–H and O–H groups in total. The monoisotopic (exact) mass is 314 g/mol. The van der Waals surface area contributed by atoms with Crippen molar-refractivity contribution in [3.63, 3.8) is 0 Å². The largest absolute Gasteiger partial charge is 0.462 e. The van der Waals surface area contributed by atoms with Gasteiger partial charge in [-0.3, -0.25) is 4.90 Å². The first-order valence-corrected chi connectivity index (χ1v) is 7.93. The van der Waals surface area contributed by atoms with Crippen LogP contribution in [0.15, 0.2) is 0 Å². The Hall–Kier alpha value is -1.38. The summed E-state index contributed by atoms with van der Waals surface area (Å²) >= 11 is 1.17. The summed E-state index contributed by atoms with van der Waals surface area (Å²) in [7, 11) is 0. The number of likely N-dealkylation sites (N-methyl/N-ethyl adjacent to an activating group) is 1. The lowest BCUT2D eigenvalue weighted by atomic mass is 10.2. The number of esters is 1. The highest BCUT2D eigenvalue weighted by molar-refractivity contribution is 7.11. The number of rotatable bonds is 6. The van der Waals surface area contributed by atoms with E-state index in [0.717, 1.165) is 26.2 Å². The normalized spacial score (nSPS) is 19.4. The summed E-state index contributed by atoms with van der Waals surface area (Å²) in [6.07, 6.45) is 0.0945. The number of nitrogens with one attached hydrogen (secondary N) is 1. The van der Waals surface area contributed by atoms with Gasteiger partial charge in [-0.05, 0) is 25.0 Å². The highest BCUT2D eigenvalue weighted by atomic mass is 32.1. The Morgan fingerprint density at radius 2 is 2.43 bits per heavy atom. The average molecular weight is 314 g/mol. The van der Waals surface area contributed by atoms with Crippen LogP contribution in [0.1, 0.15) is 24.2 Å². The van der Waals surface area contributed by atoms with E-state index < -0.39 is 5.97 Å². The van der Waals surface area contributed by atoms with Crippen molar-refractivity contribution >= 4 is 28.3 Å². The third-order valence-electron chi connectivity index (χ3n) is 3.36. The van der Waals surface area contributed by atoms with Crippen molar-refractivity contribution in [2.75, 3.05) is 50.4 Å². The van der Waals surface area contributed by atoms with Crippen molar-refractivity contribution in [1.82, 2.24) is 9.27 Å². The molecule has 0 bridgehead atoms. The minimum atomic E-state index is -0.439. The first kappa shape index (κ1) is 16.0. The van der Waals surface area contributed by atoms with E-state index in [1.165, 1.54) is 11.5 Å². The van der Waals surface area contributed by atoms with Gasteiger partial charge in [0.25, 0.3) is 0 Å². The molecule has 1 aromatic heterocycles. The molecule has 0 spiro atoms. The summed E-state index contributed by atoms with van der Waals surface area (Å²) in [5, 5.41) is 3.85. The topological polar surface area (TPSA) is 89.7 Å². The number of carbonyl (C=O) groups is 1. The van der Waals surface area contributed by atoms with Gasteiger partial charge < -0.3 is 20.5 Å². The molecule has 0 radical (unpaired) electrons. The van der Waals surface area contributed by atoms with Gasteiger partial charge >= 0.3 is 5.97 Å². The Labute approximate surface area is 128 Å². The summed E-state index contributed by atoms with van der Waals surface area (Å²) in [5.41, 5.74) is 6.07. The van der Waals surface area contributed by atoms with Crippen molar-refractivity contribution in [3.05, 3.63) is 5.56 Å². The van der Waals surface area contributed by atoms with Crippen LogP contribution >= 0.6 is 11.5 Å². The Morgan fingerprint density at radius 1 is 1.62 bits per heavy atom. The summed E-state index contributed by atoms with van der Waals surface area (Å²) in [5.74, 6) is -0.230. The Morgan fingerprint density at radius 3 is 3.14 bits per heavy atom. The number of hydrogen-bond donors (Lipinski definition) is 2. The van der Waals surface area contributed by atoms with Crippen LogP contribution < -0.4 is 11.1 Å². The maximum Gasteiger partial charge on any atom is 0.344 e. The molecule has 7 nitrogen and oxygen atoms in total. The van der Waals surface area contributed by atoms with Gasteiger partial charge in [0.05, 0.1) is 19.3 Å². The number of nitrogens with zero attached hydrogens (tertiary/aromatic N) is 2. The van der Waals surface area contributed by atoms with Gasteiger partial charge in [-0.1, -0.05) is 6.92 Å². The molecule has 0 saturated carbocycles. The van der Waals surface area contributed by atoms with E-state index in [1.807, 2.05) is 0 Å². The van der Waals surface area contributed by atoms with E-state index in [1.54, 1.807) is 6.92 Å². The summed E-state index contributed by atoms with van der Waals surface area (Å²) in [6, 6.07) is 0. The standard InChI is InChI=1S/C13H22N4O3S/c1-3-17-5-6-20-9(8-17)7-15-12-10(11(14)16-21-12)13(18)19-4-2/h9,15H,3-8H2,1-2H3,(H2,14,16). The molecule has 1 aromatic rings. The number of nitrogen functional groups attached to an aromatic ring is 1. The number of aromatic nitrogens is 1. The van der Waals surface area contributed by atoms with Crippen LogP contribution in [-0.2, 0) is 9.47 Å². The predicted molar refractivity (Wildman–Crippen MR) is 82.8 cm³/mol. The second-order valence-corrected chi connectivity index (χ2v) is 5.53. The molecule has 118 valence electrons. The molecule has 2 heterocycles. The zero-order valence-electron chi connectivity index (χ0n) is 12.4. The molecule has 1 aliphatic heterocycles. The third kappa shape index (κ3) is 4.05. The maximum absolute atomic E-state index is 11.9. The van der Waals surface area contributed by atoms with E-state index in [9.17, 15) is 4.79 Å². The van der Waals surface area contributed by atoms with Gasteiger partial charge in [0.2, 0.25) is 0 Å². The number of ether oxygens (including phenoxy) is 2. The zero-order valence-corrected chi connectivity index (χ0v) is 13.2. The van der Waals surface area contributed by atoms with Gasteiger partial charge in [0, 0.05) is 19.6 Å². The fourth-order valence-corrected chi connectivity index (χ4v) is 2.93. The van der Waals surface area contributed by atoms with Crippen LogP contribution in [-0.4, -0.2) is 60.7 Å². The van der Waals surface area contributed by atoms with Crippen LogP contribution in [0.4, 0.5) is 10.8 Å². The van der Waals surface area contributed by atoms with Crippen LogP contribution in [0.2, 0.25) is 0 Å². The molecule has 21 heavy (non-hydrogen) atoms. The Balaban J connectivity index is 1.95. The van der Waals surface area contributed by atoms with E-state index in [2.05, 4.69) is 21.5 Å². The van der Waals surface area contributed by atoms with Gasteiger partial charge in [-0.25, -0.2) is 4.79 Å². The van der Waals surface area contributed by atoms with E-state index in [-0.39, 0.29) is 11.9 Å². The summed E-state index contributed by atoms with van der Waals surface area (Å²) in [6.45, 7) is 8.42. The predicted octanol–water partition coefficient (Wildman–Crippen LogP) is 1.03. The first-order chi connectivity index (χ1) is 10.2.